The SMILES string of the molecule is CC(C)(C)[Si](C)(C)OCc1cccc(C#Cc2cccc(C#Cc3cccc(CO[Si](C)(C)C(C)(C)C)n3)n2)n1. The molecule has 7 heteroatoms. The van der Waals surface area contributed by atoms with E-state index in [4.69, 9.17) is 8.85 Å². The van der Waals surface area contributed by atoms with Crippen LogP contribution in [0.15, 0.2) is 54.6 Å². The van der Waals surface area contributed by atoms with Gasteiger partial charge in [0.1, 0.15) is 22.8 Å². The van der Waals surface area contributed by atoms with Crippen molar-refractivity contribution in [1.82, 2.24) is 15.0 Å². The van der Waals surface area contributed by atoms with Crippen LogP contribution in [-0.4, -0.2) is 31.6 Å². The Morgan fingerprint density at radius 1 is 0.525 bits per heavy atom. The molecule has 0 saturated heterocycles. The number of pyridine rings is 3. The molecule has 5 nitrogen and oxygen atoms in total. The van der Waals surface area contributed by atoms with Gasteiger partial charge in [0.15, 0.2) is 16.6 Å². The molecule has 0 aliphatic rings. The molecule has 3 rings (SSSR count). The Morgan fingerprint density at radius 3 is 1.15 bits per heavy atom. The van der Waals surface area contributed by atoms with Gasteiger partial charge in [-0.3, -0.25) is 0 Å². The van der Waals surface area contributed by atoms with Crippen molar-refractivity contribution in [2.45, 2.75) is 91.0 Å². The van der Waals surface area contributed by atoms with Gasteiger partial charge in [-0.05, 0) is 96.3 Å². The van der Waals surface area contributed by atoms with Crippen LogP contribution in [0, 0.1) is 23.7 Å². The third-order valence-electron chi connectivity index (χ3n) is 7.77. The van der Waals surface area contributed by atoms with E-state index < -0.39 is 16.6 Å². The highest BCUT2D eigenvalue weighted by atomic mass is 28.4. The molecule has 0 aliphatic carbocycles. The van der Waals surface area contributed by atoms with Gasteiger partial charge >= 0.3 is 0 Å². The van der Waals surface area contributed by atoms with Crippen LogP contribution in [0.25, 0.3) is 0 Å². The molecule has 3 aromatic rings. The van der Waals surface area contributed by atoms with Gasteiger partial charge in [0.25, 0.3) is 0 Å². The first-order valence-corrected chi connectivity index (χ1v) is 19.6. The summed E-state index contributed by atoms with van der Waals surface area (Å²) in [5.74, 6) is 12.5. The van der Waals surface area contributed by atoms with E-state index in [1.54, 1.807) is 0 Å². The van der Waals surface area contributed by atoms with Crippen LogP contribution in [0.2, 0.25) is 36.3 Å². The normalized spacial score (nSPS) is 12.2. The molecule has 0 saturated carbocycles. The van der Waals surface area contributed by atoms with Crippen molar-refractivity contribution in [3.05, 3.63) is 88.8 Å². The van der Waals surface area contributed by atoms with Gasteiger partial charge in [-0.2, -0.15) is 0 Å². The van der Waals surface area contributed by atoms with Crippen molar-refractivity contribution in [1.29, 1.82) is 0 Å². The maximum Gasteiger partial charge on any atom is 0.192 e. The molecule has 3 heterocycles. The minimum absolute atomic E-state index is 0.155. The van der Waals surface area contributed by atoms with Gasteiger partial charge in [0.05, 0.1) is 24.6 Å². The van der Waals surface area contributed by atoms with E-state index in [-0.39, 0.29) is 10.1 Å². The molecular weight excluding hydrogens is 527 g/mol. The quantitative estimate of drug-likeness (QED) is 0.225. The number of nitrogens with zero attached hydrogens (tertiary/aromatic N) is 3. The Balaban J connectivity index is 1.69. The lowest BCUT2D eigenvalue weighted by Crippen LogP contribution is -2.40. The molecule has 0 bridgehead atoms. The van der Waals surface area contributed by atoms with Gasteiger partial charge in [-0.25, -0.2) is 15.0 Å². The highest BCUT2D eigenvalue weighted by Crippen LogP contribution is 2.37. The largest absolute Gasteiger partial charge is 0.411 e. The number of rotatable bonds is 6. The smallest absolute Gasteiger partial charge is 0.192 e. The summed E-state index contributed by atoms with van der Waals surface area (Å²) in [6.45, 7) is 23.4. The fourth-order valence-corrected chi connectivity index (χ4v) is 4.91. The summed E-state index contributed by atoms with van der Waals surface area (Å²) in [7, 11) is -3.69. The molecule has 0 N–H and O–H groups in total. The van der Waals surface area contributed by atoms with E-state index in [1.807, 2.05) is 54.6 Å². The lowest BCUT2D eigenvalue weighted by Gasteiger charge is -2.36. The first kappa shape index (κ1) is 31.5. The summed E-state index contributed by atoms with van der Waals surface area (Å²) in [4.78, 5) is 13.9. The van der Waals surface area contributed by atoms with Crippen LogP contribution in [0.3, 0.4) is 0 Å². The minimum Gasteiger partial charge on any atom is -0.411 e. The summed E-state index contributed by atoms with van der Waals surface area (Å²) >= 11 is 0. The summed E-state index contributed by atoms with van der Waals surface area (Å²) in [6, 6.07) is 17.4. The second-order valence-corrected chi connectivity index (χ2v) is 22.7. The lowest BCUT2D eigenvalue weighted by molar-refractivity contribution is 0.272. The van der Waals surface area contributed by atoms with E-state index >= 15 is 0 Å². The predicted molar refractivity (Wildman–Crippen MR) is 169 cm³/mol. The molecule has 0 unspecified atom stereocenters. The molecular formula is C33H43N3O2Si2. The average molecular weight is 570 g/mol. The Hall–Kier alpha value is -3.08. The third-order valence-corrected chi connectivity index (χ3v) is 16.7. The van der Waals surface area contributed by atoms with Gasteiger partial charge in [0.2, 0.25) is 0 Å². The van der Waals surface area contributed by atoms with Crippen molar-refractivity contribution < 1.29 is 8.85 Å². The summed E-state index contributed by atoms with van der Waals surface area (Å²) < 4.78 is 12.6. The zero-order valence-corrected chi connectivity index (χ0v) is 27.8. The van der Waals surface area contributed by atoms with Gasteiger partial charge in [0, 0.05) is 0 Å². The van der Waals surface area contributed by atoms with Crippen LogP contribution in [0.1, 0.15) is 75.7 Å². The maximum atomic E-state index is 6.32. The molecule has 0 radical (unpaired) electrons. The van der Waals surface area contributed by atoms with E-state index in [1.165, 1.54) is 0 Å². The zero-order chi connectivity index (χ0) is 29.6. The lowest BCUT2D eigenvalue weighted by atomic mass is 10.2. The molecule has 0 aliphatic heterocycles. The van der Waals surface area contributed by atoms with Gasteiger partial charge in [-0.15, -0.1) is 0 Å². The molecule has 0 aromatic carbocycles. The Morgan fingerprint density at radius 2 is 0.825 bits per heavy atom. The third kappa shape index (κ3) is 8.97. The van der Waals surface area contributed by atoms with Gasteiger partial charge < -0.3 is 8.85 Å². The molecule has 0 spiro atoms. The van der Waals surface area contributed by atoms with E-state index in [0.29, 0.717) is 36.0 Å². The molecule has 210 valence electrons. The number of hydrogen-bond acceptors (Lipinski definition) is 5. The Kier molecular flexibility index (Phi) is 9.92. The first-order chi connectivity index (χ1) is 18.6. The topological polar surface area (TPSA) is 57.1 Å². The van der Waals surface area contributed by atoms with Crippen LogP contribution in [0.4, 0.5) is 0 Å². The van der Waals surface area contributed by atoms with Crippen molar-refractivity contribution in [3.8, 4) is 23.7 Å². The average Bonchev–Trinajstić information content (AvgIpc) is 2.88. The van der Waals surface area contributed by atoms with Crippen molar-refractivity contribution in [2.75, 3.05) is 0 Å². The second-order valence-electron chi connectivity index (χ2n) is 13.0. The van der Waals surface area contributed by atoms with Crippen LogP contribution >= 0.6 is 0 Å². The molecule has 40 heavy (non-hydrogen) atoms. The van der Waals surface area contributed by atoms with Crippen LogP contribution in [-0.2, 0) is 22.1 Å². The Bertz CT molecular complexity index is 1340. The van der Waals surface area contributed by atoms with Crippen molar-refractivity contribution >= 4 is 16.6 Å². The zero-order valence-electron chi connectivity index (χ0n) is 25.8. The predicted octanol–water partition coefficient (Wildman–Crippen LogP) is 7.71. The highest BCUT2D eigenvalue weighted by molar-refractivity contribution is 6.74. The van der Waals surface area contributed by atoms with Crippen molar-refractivity contribution in [3.63, 3.8) is 0 Å². The summed E-state index contributed by atoms with van der Waals surface area (Å²) in [6.07, 6.45) is 0. The van der Waals surface area contributed by atoms with Crippen LogP contribution in [0.5, 0.6) is 0 Å². The Labute approximate surface area is 243 Å². The first-order valence-electron chi connectivity index (χ1n) is 13.8. The molecule has 0 fully saturated rings. The summed E-state index contributed by atoms with van der Waals surface area (Å²) in [5.41, 5.74) is 4.43. The minimum atomic E-state index is -1.85. The standard InChI is InChI=1S/C33H43N3O2Si2/c1-32(2,3)39(7,8)37-24-30-18-12-16-28(35-30)22-20-26-14-11-15-27(34-26)21-23-29-17-13-19-31(36-29)25-38-40(9,10)33(4,5)6/h11-19H,24-25H2,1-10H3. The maximum absolute atomic E-state index is 6.32. The fraction of sp³-hybridized carbons (Fsp3) is 0.424. The van der Waals surface area contributed by atoms with Crippen LogP contribution < -0.4 is 0 Å². The van der Waals surface area contributed by atoms with Crippen molar-refractivity contribution in [2.24, 2.45) is 0 Å². The fourth-order valence-electron chi connectivity index (χ4n) is 3.03. The second kappa shape index (κ2) is 12.6. The molecule has 0 amide bonds. The molecule has 0 atom stereocenters. The number of aromatic nitrogens is 3. The number of hydrogen-bond donors (Lipinski definition) is 0. The molecule has 3 aromatic heterocycles. The van der Waals surface area contributed by atoms with E-state index in [0.717, 1.165) is 11.4 Å². The van der Waals surface area contributed by atoms with E-state index in [9.17, 15) is 0 Å². The van der Waals surface area contributed by atoms with Gasteiger partial charge in [-0.1, -0.05) is 59.7 Å². The monoisotopic (exact) mass is 569 g/mol. The van der Waals surface area contributed by atoms with E-state index in [2.05, 4.69) is 106 Å². The summed E-state index contributed by atoms with van der Waals surface area (Å²) in [5, 5.41) is 0.309. The highest BCUT2D eigenvalue weighted by Gasteiger charge is 2.38.